The van der Waals surface area contributed by atoms with Gasteiger partial charge in [0.25, 0.3) is 0 Å². The Morgan fingerprint density at radius 2 is 1.94 bits per heavy atom. The first-order valence-electron chi connectivity index (χ1n) is 4.68. The summed E-state index contributed by atoms with van der Waals surface area (Å²) in [4.78, 5) is 21.3. The van der Waals surface area contributed by atoms with Crippen molar-refractivity contribution in [2.24, 2.45) is 0 Å². The third kappa shape index (κ3) is 1.84. The molecule has 1 aromatic heterocycles. The normalized spacial score (nSPS) is 18.9. The molecule has 17 heavy (non-hydrogen) atoms. The number of thiophene rings is 1. The van der Waals surface area contributed by atoms with Crippen LogP contribution in [0.4, 0.5) is 13.2 Å². The molecule has 0 aliphatic heterocycles. The van der Waals surface area contributed by atoms with E-state index in [1.165, 1.54) is 0 Å². The number of aliphatic carboxylic acids is 1. The fourth-order valence-electron chi connectivity index (χ4n) is 1.80. The molecule has 92 valence electrons. The van der Waals surface area contributed by atoms with E-state index in [0.29, 0.717) is 11.3 Å². The van der Waals surface area contributed by atoms with Crippen LogP contribution in [0.25, 0.3) is 0 Å². The molecule has 0 aromatic carbocycles. The van der Waals surface area contributed by atoms with Gasteiger partial charge in [-0.1, -0.05) is 0 Å². The van der Waals surface area contributed by atoms with E-state index >= 15 is 0 Å². The highest BCUT2D eigenvalue weighted by molar-refractivity contribution is 7.12. The summed E-state index contributed by atoms with van der Waals surface area (Å²) in [5.41, 5.74) is -1.44. The second-order valence-electron chi connectivity index (χ2n) is 3.94. The van der Waals surface area contributed by atoms with Gasteiger partial charge in [0, 0.05) is 17.7 Å². The van der Waals surface area contributed by atoms with Crippen molar-refractivity contribution in [3.05, 3.63) is 21.9 Å². The van der Waals surface area contributed by atoms with Crippen LogP contribution in [0.15, 0.2) is 12.1 Å². The van der Waals surface area contributed by atoms with Gasteiger partial charge in [-0.2, -0.15) is 13.2 Å². The molecule has 3 nitrogen and oxygen atoms in total. The van der Waals surface area contributed by atoms with Crippen LogP contribution in [0.5, 0.6) is 0 Å². The topological polar surface area (TPSA) is 54.4 Å². The average molecular weight is 264 g/mol. The number of rotatable bonds is 2. The molecule has 0 spiro atoms. The first-order valence-corrected chi connectivity index (χ1v) is 5.50. The van der Waals surface area contributed by atoms with Crippen LogP contribution in [0.1, 0.15) is 22.6 Å². The minimum absolute atomic E-state index is 0.0944. The van der Waals surface area contributed by atoms with E-state index in [-0.39, 0.29) is 23.5 Å². The van der Waals surface area contributed by atoms with E-state index in [1.807, 2.05) is 0 Å². The maximum atomic E-state index is 12.4. The minimum atomic E-state index is -4.48. The molecular formula is C10H7F3O3S. The van der Waals surface area contributed by atoms with Crippen molar-refractivity contribution in [3.63, 3.8) is 0 Å². The van der Waals surface area contributed by atoms with Crippen molar-refractivity contribution in [1.82, 2.24) is 0 Å². The van der Waals surface area contributed by atoms with Gasteiger partial charge < -0.3 is 5.11 Å². The fourth-order valence-corrected chi connectivity index (χ4v) is 2.85. The molecule has 2 rings (SSSR count). The highest BCUT2D eigenvalue weighted by atomic mass is 32.1. The minimum Gasteiger partial charge on any atom is -0.481 e. The van der Waals surface area contributed by atoms with Crippen LogP contribution in [0.2, 0.25) is 0 Å². The van der Waals surface area contributed by atoms with Crippen molar-refractivity contribution in [2.75, 3.05) is 0 Å². The third-order valence-electron chi connectivity index (χ3n) is 2.76. The molecule has 0 saturated heterocycles. The summed E-state index contributed by atoms with van der Waals surface area (Å²) in [5.74, 6) is -1.48. The molecule has 1 aliphatic carbocycles. The number of hydrogen-bond acceptors (Lipinski definition) is 3. The zero-order chi connectivity index (χ0) is 12.8. The Hall–Kier alpha value is -1.37. The number of halogens is 3. The zero-order valence-corrected chi connectivity index (χ0v) is 9.19. The smallest absolute Gasteiger partial charge is 0.425 e. The molecule has 1 fully saturated rings. The van der Waals surface area contributed by atoms with Gasteiger partial charge in [0.05, 0.1) is 0 Å². The molecule has 1 aromatic rings. The Bertz CT molecular complexity index is 481. The van der Waals surface area contributed by atoms with Crippen molar-refractivity contribution >= 4 is 23.1 Å². The van der Waals surface area contributed by atoms with Gasteiger partial charge in [0.2, 0.25) is 0 Å². The summed E-state index contributed by atoms with van der Waals surface area (Å²) >= 11 is 0.395. The molecule has 7 heteroatoms. The second-order valence-corrected chi connectivity index (χ2v) is 5.02. The van der Waals surface area contributed by atoms with Crippen LogP contribution in [-0.4, -0.2) is 16.9 Å². The zero-order valence-electron chi connectivity index (χ0n) is 8.37. The molecule has 1 heterocycles. The van der Waals surface area contributed by atoms with Crippen LogP contribution in [-0.2, 0) is 21.2 Å². The van der Waals surface area contributed by atoms with Crippen LogP contribution >= 0.6 is 11.3 Å². The summed E-state index contributed by atoms with van der Waals surface area (Å²) < 4.78 is 37.2. The summed E-state index contributed by atoms with van der Waals surface area (Å²) in [6, 6.07) is 2.00. The monoisotopic (exact) mass is 264 g/mol. The summed E-state index contributed by atoms with van der Waals surface area (Å²) in [7, 11) is 0. The number of Topliss-reactive ketones (excluding diaryl/α,β-unsaturated/α-hetero) is 1. The van der Waals surface area contributed by atoms with Gasteiger partial charge >= 0.3 is 12.1 Å². The lowest BCUT2D eigenvalue weighted by atomic mass is 9.67. The van der Waals surface area contributed by atoms with Gasteiger partial charge in [-0.15, -0.1) is 11.3 Å². The first-order chi connectivity index (χ1) is 7.75. The van der Waals surface area contributed by atoms with Crippen molar-refractivity contribution < 1.29 is 27.9 Å². The van der Waals surface area contributed by atoms with Crippen LogP contribution < -0.4 is 0 Å². The lowest BCUT2D eigenvalue weighted by molar-refractivity contribution is -0.153. The van der Waals surface area contributed by atoms with Gasteiger partial charge in [-0.05, 0) is 12.1 Å². The molecular weight excluding hydrogens is 257 g/mol. The lowest BCUT2D eigenvalue weighted by Crippen LogP contribution is -2.47. The van der Waals surface area contributed by atoms with Crippen molar-refractivity contribution in [3.8, 4) is 0 Å². The summed E-state index contributed by atoms with van der Waals surface area (Å²) in [5, 5.41) is 9.04. The van der Waals surface area contributed by atoms with E-state index < -0.39 is 22.4 Å². The highest BCUT2D eigenvalue weighted by Crippen LogP contribution is 2.46. The molecule has 1 saturated carbocycles. The number of ketones is 1. The van der Waals surface area contributed by atoms with E-state index in [0.717, 1.165) is 12.1 Å². The van der Waals surface area contributed by atoms with Gasteiger partial charge in [-0.25, -0.2) is 0 Å². The van der Waals surface area contributed by atoms with Gasteiger partial charge in [-0.3, -0.25) is 9.59 Å². The van der Waals surface area contributed by atoms with E-state index in [2.05, 4.69) is 0 Å². The summed E-state index contributed by atoms with van der Waals surface area (Å²) in [6.07, 6.45) is -4.92. The quantitative estimate of drug-likeness (QED) is 0.892. The largest absolute Gasteiger partial charge is 0.481 e. The van der Waals surface area contributed by atoms with Crippen LogP contribution in [0, 0.1) is 0 Å². The van der Waals surface area contributed by atoms with E-state index in [1.54, 1.807) is 0 Å². The Balaban J connectivity index is 2.37. The van der Waals surface area contributed by atoms with Crippen molar-refractivity contribution in [1.29, 1.82) is 0 Å². The summed E-state index contributed by atoms with van der Waals surface area (Å²) in [6.45, 7) is 0. The fraction of sp³-hybridized carbons (Fsp3) is 0.400. The Morgan fingerprint density at radius 1 is 1.35 bits per heavy atom. The average Bonchev–Trinajstić information content (AvgIpc) is 2.59. The molecule has 0 radical (unpaired) electrons. The molecule has 0 unspecified atom stereocenters. The predicted octanol–water partition coefficient (Wildman–Crippen LogP) is 2.45. The number of carboxylic acid groups (broad SMARTS) is 1. The number of carbonyl (C=O) groups is 2. The maximum Gasteiger partial charge on any atom is 0.425 e. The SMILES string of the molecule is O=C1CC(C(=O)O)(c2ccc(C(F)(F)F)s2)C1. The van der Waals surface area contributed by atoms with Crippen molar-refractivity contribution in [2.45, 2.75) is 24.4 Å². The standard InChI is InChI=1S/C10H7F3O3S/c11-10(12,13)7-2-1-6(17-7)9(8(15)16)3-5(14)4-9/h1-2H,3-4H2,(H,15,16). The first kappa shape index (κ1) is 12.1. The van der Waals surface area contributed by atoms with Crippen LogP contribution in [0.3, 0.4) is 0 Å². The molecule has 1 N–H and O–H groups in total. The Labute approximate surface area is 97.9 Å². The van der Waals surface area contributed by atoms with Gasteiger partial charge in [0.1, 0.15) is 16.1 Å². The highest BCUT2D eigenvalue weighted by Gasteiger charge is 2.53. The third-order valence-corrected chi connectivity index (χ3v) is 4.10. The molecule has 0 atom stereocenters. The molecule has 0 amide bonds. The second kappa shape index (κ2) is 3.56. The number of carbonyl (C=O) groups excluding carboxylic acids is 1. The number of carboxylic acids is 1. The number of hydrogen-bond donors (Lipinski definition) is 1. The Kier molecular flexibility index (Phi) is 2.53. The molecule has 0 bridgehead atoms. The van der Waals surface area contributed by atoms with Gasteiger partial charge in [0.15, 0.2) is 0 Å². The molecule has 1 aliphatic rings. The number of alkyl halides is 3. The predicted molar refractivity (Wildman–Crippen MR) is 52.9 cm³/mol. The Morgan fingerprint density at radius 3 is 2.29 bits per heavy atom. The van der Waals surface area contributed by atoms with E-state index in [4.69, 9.17) is 5.11 Å². The lowest BCUT2D eigenvalue weighted by Gasteiger charge is -2.35. The van der Waals surface area contributed by atoms with E-state index in [9.17, 15) is 22.8 Å². The maximum absolute atomic E-state index is 12.4.